The Morgan fingerprint density at radius 1 is 1.08 bits per heavy atom. The molecule has 0 radical (unpaired) electrons. The van der Waals surface area contributed by atoms with Gasteiger partial charge in [0.1, 0.15) is 0 Å². The number of nitrogens with zero attached hydrogens (tertiary/aromatic N) is 2. The van der Waals surface area contributed by atoms with Crippen LogP contribution in [0.5, 0.6) is 0 Å². The van der Waals surface area contributed by atoms with Crippen molar-refractivity contribution in [2.45, 2.75) is 13.0 Å². The van der Waals surface area contributed by atoms with Gasteiger partial charge in [0.2, 0.25) is 0 Å². The first-order valence-corrected chi connectivity index (χ1v) is 8.07. The molecule has 0 aliphatic heterocycles. The summed E-state index contributed by atoms with van der Waals surface area (Å²) in [6, 6.07) is 14.5. The Morgan fingerprint density at radius 2 is 1.77 bits per heavy atom. The van der Waals surface area contributed by atoms with E-state index in [4.69, 9.17) is 19.8 Å². The van der Waals surface area contributed by atoms with Gasteiger partial charge in [0.05, 0.1) is 0 Å². The Balaban J connectivity index is 0.000000352. The standard InChI is InChI=1S/C17H19N3.C2H2O4/c1-20(11-9-15-6-4-5-10-18-15)13-14-12-19-17-8-3-2-7-16(14)17;3-1(4)2(5)6/h2-8,10,12,19H,9,11,13H2,1H3;(H,3,4)(H,5,6). The van der Waals surface area contributed by atoms with Gasteiger partial charge in [0.25, 0.3) is 0 Å². The highest BCUT2D eigenvalue weighted by atomic mass is 16.4. The zero-order valence-electron chi connectivity index (χ0n) is 14.4. The fourth-order valence-corrected chi connectivity index (χ4v) is 2.48. The van der Waals surface area contributed by atoms with Crippen molar-refractivity contribution < 1.29 is 19.8 Å². The minimum absolute atomic E-state index is 0.955. The Bertz CT molecular complexity index is 849. The summed E-state index contributed by atoms with van der Waals surface area (Å²) in [4.78, 5) is 28.2. The number of rotatable bonds is 5. The first kappa shape index (κ1) is 19.1. The van der Waals surface area contributed by atoms with E-state index in [2.05, 4.69) is 58.4 Å². The third kappa shape index (κ3) is 5.71. The molecule has 2 aromatic heterocycles. The average molecular weight is 355 g/mol. The lowest BCUT2D eigenvalue weighted by atomic mass is 10.1. The molecular weight excluding hydrogens is 334 g/mol. The largest absolute Gasteiger partial charge is 0.473 e. The lowest BCUT2D eigenvalue weighted by molar-refractivity contribution is -0.159. The van der Waals surface area contributed by atoms with E-state index in [1.54, 1.807) is 0 Å². The molecule has 2 heterocycles. The number of para-hydroxylation sites is 1. The SMILES string of the molecule is CN(CCc1ccccn1)Cc1c[nH]c2ccccc12.O=C(O)C(=O)O. The second-order valence-corrected chi connectivity index (χ2v) is 5.78. The summed E-state index contributed by atoms with van der Waals surface area (Å²) in [6.07, 6.45) is 4.95. The molecule has 26 heavy (non-hydrogen) atoms. The van der Waals surface area contributed by atoms with E-state index in [0.717, 1.165) is 25.2 Å². The van der Waals surface area contributed by atoms with E-state index in [9.17, 15) is 0 Å². The third-order valence-corrected chi connectivity index (χ3v) is 3.77. The van der Waals surface area contributed by atoms with Crippen LogP contribution in [-0.4, -0.2) is 50.6 Å². The number of carbonyl (C=O) groups is 2. The maximum Gasteiger partial charge on any atom is 0.414 e. The summed E-state index contributed by atoms with van der Waals surface area (Å²) in [5, 5.41) is 16.1. The van der Waals surface area contributed by atoms with E-state index in [-0.39, 0.29) is 0 Å². The number of benzene rings is 1. The minimum Gasteiger partial charge on any atom is -0.473 e. The molecular formula is C19H21N3O4. The van der Waals surface area contributed by atoms with Crippen molar-refractivity contribution >= 4 is 22.8 Å². The van der Waals surface area contributed by atoms with Crippen molar-refractivity contribution in [3.63, 3.8) is 0 Å². The van der Waals surface area contributed by atoms with Crippen molar-refractivity contribution in [2.24, 2.45) is 0 Å². The molecule has 7 heteroatoms. The molecule has 1 aromatic carbocycles. The predicted molar refractivity (Wildman–Crippen MR) is 97.8 cm³/mol. The summed E-state index contributed by atoms with van der Waals surface area (Å²) < 4.78 is 0. The molecule has 0 atom stereocenters. The molecule has 3 rings (SSSR count). The van der Waals surface area contributed by atoms with Crippen LogP contribution in [0.4, 0.5) is 0 Å². The number of pyridine rings is 1. The second kappa shape index (κ2) is 9.33. The number of hydrogen-bond acceptors (Lipinski definition) is 4. The zero-order chi connectivity index (χ0) is 18.9. The first-order chi connectivity index (χ1) is 12.5. The monoisotopic (exact) mass is 355 g/mol. The third-order valence-electron chi connectivity index (χ3n) is 3.77. The summed E-state index contributed by atoms with van der Waals surface area (Å²) in [5.74, 6) is -3.65. The van der Waals surface area contributed by atoms with Gasteiger partial charge >= 0.3 is 11.9 Å². The van der Waals surface area contributed by atoms with Crippen LogP contribution in [0.3, 0.4) is 0 Å². The van der Waals surface area contributed by atoms with Crippen LogP contribution < -0.4 is 0 Å². The molecule has 7 nitrogen and oxygen atoms in total. The molecule has 0 fully saturated rings. The molecule has 136 valence electrons. The van der Waals surface area contributed by atoms with E-state index in [1.807, 2.05) is 18.3 Å². The molecule has 0 aliphatic rings. The smallest absolute Gasteiger partial charge is 0.414 e. The summed E-state index contributed by atoms with van der Waals surface area (Å²) in [7, 11) is 2.16. The number of hydrogen-bond donors (Lipinski definition) is 3. The van der Waals surface area contributed by atoms with Crippen molar-refractivity contribution in [2.75, 3.05) is 13.6 Å². The predicted octanol–water partition coefficient (Wildman–Crippen LogP) is 2.39. The summed E-state index contributed by atoms with van der Waals surface area (Å²) in [6.45, 7) is 1.97. The number of aromatic nitrogens is 2. The number of fused-ring (bicyclic) bond motifs is 1. The maximum atomic E-state index is 9.10. The molecule has 0 amide bonds. The Hall–Kier alpha value is -3.19. The van der Waals surface area contributed by atoms with Gasteiger partial charge in [-0.3, -0.25) is 4.98 Å². The second-order valence-electron chi connectivity index (χ2n) is 5.78. The molecule has 0 aliphatic carbocycles. The van der Waals surface area contributed by atoms with Gasteiger partial charge in [-0.25, -0.2) is 9.59 Å². The van der Waals surface area contributed by atoms with Crippen LogP contribution in [0.15, 0.2) is 54.9 Å². The maximum absolute atomic E-state index is 9.10. The topological polar surface area (TPSA) is 107 Å². The Labute approximate surface area is 150 Å². The molecule has 0 spiro atoms. The quantitative estimate of drug-likeness (QED) is 0.607. The molecule has 0 bridgehead atoms. The van der Waals surface area contributed by atoms with Crippen molar-refractivity contribution in [1.29, 1.82) is 0 Å². The highest BCUT2D eigenvalue weighted by Crippen LogP contribution is 2.18. The molecule has 0 unspecified atom stereocenters. The fraction of sp³-hybridized carbons (Fsp3) is 0.211. The van der Waals surface area contributed by atoms with Gasteiger partial charge in [-0.15, -0.1) is 0 Å². The van der Waals surface area contributed by atoms with E-state index in [1.165, 1.54) is 16.5 Å². The number of nitrogens with one attached hydrogen (secondary N) is 1. The van der Waals surface area contributed by atoms with Gasteiger partial charge in [-0.1, -0.05) is 24.3 Å². The average Bonchev–Trinajstić information content (AvgIpc) is 3.04. The van der Waals surface area contributed by atoms with Gasteiger partial charge in [-0.2, -0.15) is 0 Å². The lowest BCUT2D eigenvalue weighted by Crippen LogP contribution is -2.20. The zero-order valence-corrected chi connectivity index (χ0v) is 14.4. The van der Waals surface area contributed by atoms with Gasteiger partial charge in [0.15, 0.2) is 0 Å². The van der Waals surface area contributed by atoms with Crippen LogP contribution >= 0.6 is 0 Å². The Morgan fingerprint density at radius 3 is 2.42 bits per heavy atom. The number of H-pyrrole nitrogens is 1. The highest BCUT2D eigenvalue weighted by molar-refractivity contribution is 6.27. The van der Waals surface area contributed by atoms with Gasteiger partial charge < -0.3 is 20.1 Å². The number of carboxylic acid groups (broad SMARTS) is 2. The number of likely N-dealkylation sites (N-methyl/N-ethyl adjacent to an activating group) is 1. The summed E-state index contributed by atoms with van der Waals surface area (Å²) >= 11 is 0. The van der Waals surface area contributed by atoms with Crippen LogP contribution in [0.1, 0.15) is 11.3 Å². The highest BCUT2D eigenvalue weighted by Gasteiger charge is 2.06. The van der Waals surface area contributed by atoms with Crippen LogP contribution in [0.2, 0.25) is 0 Å². The molecule has 3 N–H and O–H groups in total. The first-order valence-electron chi connectivity index (χ1n) is 8.07. The van der Waals surface area contributed by atoms with Crippen LogP contribution in [0.25, 0.3) is 10.9 Å². The fourth-order valence-electron chi connectivity index (χ4n) is 2.48. The Kier molecular flexibility index (Phi) is 6.87. The van der Waals surface area contributed by atoms with E-state index >= 15 is 0 Å². The normalized spacial score (nSPS) is 10.4. The van der Waals surface area contributed by atoms with Crippen LogP contribution in [0, 0.1) is 0 Å². The molecule has 0 saturated heterocycles. The van der Waals surface area contributed by atoms with Crippen LogP contribution in [-0.2, 0) is 22.6 Å². The summed E-state index contributed by atoms with van der Waals surface area (Å²) in [5.41, 5.74) is 3.71. The molecule has 0 saturated carbocycles. The van der Waals surface area contributed by atoms with Crippen molar-refractivity contribution in [3.05, 3.63) is 66.1 Å². The van der Waals surface area contributed by atoms with Gasteiger partial charge in [-0.05, 0) is 30.8 Å². The number of aliphatic carboxylic acids is 2. The lowest BCUT2D eigenvalue weighted by Gasteiger charge is -2.15. The van der Waals surface area contributed by atoms with Crippen molar-refractivity contribution in [1.82, 2.24) is 14.9 Å². The van der Waals surface area contributed by atoms with Crippen molar-refractivity contribution in [3.8, 4) is 0 Å². The minimum atomic E-state index is -1.82. The van der Waals surface area contributed by atoms with E-state index < -0.39 is 11.9 Å². The van der Waals surface area contributed by atoms with E-state index in [0.29, 0.717) is 0 Å². The number of carboxylic acids is 2. The number of aromatic amines is 1. The van der Waals surface area contributed by atoms with Gasteiger partial charge in [0, 0.05) is 48.5 Å². The molecule has 3 aromatic rings.